The Morgan fingerprint density at radius 2 is 1.96 bits per heavy atom. The monoisotopic (exact) mass is 328 g/mol. The number of rotatable bonds is 5. The van der Waals surface area contributed by atoms with Gasteiger partial charge in [-0.2, -0.15) is 0 Å². The molecule has 3 nitrogen and oxygen atoms in total. The maximum Gasteiger partial charge on any atom is 0.251 e. The molecule has 0 aliphatic carbocycles. The van der Waals surface area contributed by atoms with Crippen molar-refractivity contribution in [2.75, 3.05) is 19.6 Å². The van der Waals surface area contributed by atoms with Gasteiger partial charge in [-0.05, 0) is 55.9 Å². The van der Waals surface area contributed by atoms with E-state index in [0.717, 1.165) is 24.2 Å². The van der Waals surface area contributed by atoms with Crippen molar-refractivity contribution in [1.29, 1.82) is 0 Å². The van der Waals surface area contributed by atoms with Crippen LogP contribution in [0.3, 0.4) is 0 Å². The zero-order valence-corrected chi connectivity index (χ0v) is 14.4. The molecule has 1 unspecified atom stereocenters. The first-order chi connectivity index (χ1) is 11.3. The van der Waals surface area contributed by atoms with Crippen LogP contribution in [0.5, 0.6) is 0 Å². The summed E-state index contributed by atoms with van der Waals surface area (Å²) in [4.78, 5) is 16.4. The summed E-state index contributed by atoms with van der Waals surface area (Å²) in [6.45, 7) is 4.91. The minimum Gasteiger partial charge on any atom is -0.350 e. The number of aryl methyl sites for hydroxylation is 1. The lowest BCUT2D eigenvalue weighted by Gasteiger charge is -2.34. The number of amides is 1. The normalized spacial score (nSPS) is 16.9. The molecule has 1 fully saturated rings. The van der Waals surface area contributed by atoms with Crippen LogP contribution < -0.4 is 5.32 Å². The van der Waals surface area contributed by atoms with Gasteiger partial charge in [0.2, 0.25) is 0 Å². The molecule has 1 aromatic carbocycles. The van der Waals surface area contributed by atoms with Crippen LogP contribution in [-0.4, -0.2) is 30.4 Å². The molecule has 3 rings (SSSR count). The summed E-state index contributed by atoms with van der Waals surface area (Å²) < 4.78 is 0. The van der Waals surface area contributed by atoms with Crippen molar-refractivity contribution < 1.29 is 4.79 Å². The number of benzene rings is 1. The summed E-state index contributed by atoms with van der Waals surface area (Å²) >= 11 is 1.78. The summed E-state index contributed by atoms with van der Waals surface area (Å²) in [5, 5.41) is 5.27. The molecule has 1 aliphatic rings. The van der Waals surface area contributed by atoms with Gasteiger partial charge in [0.15, 0.2) is 0 Å². The number of hydrogen-bond acceptors (Lipinski definition) is 3. The van der Waals surface area contributed by atoms with Gasteiger partial charge in [0.25, 0.3) is 5.91 Å². The van der Waals surface area contributed by atoms with E-state index in [2.05, 4.69) is 27.7 Å². The summed E-state index contributed by atoms with van der Waals surface area (Å²) in [6.07, 6.45) is 3.84. The van der Waals surface area contributed by atoms with E-state index in [1.807, 2.05) is 31.2 Å². The molecule has 1 N–H and O–H groups in total. The molecule has 1 aromatic heterocycles. The van der Waals surface area contributed by atoms with E-state index in [1.165, 1.54) is 24.1 Å². The Bertz CT molecular complexity index is 633. The Hall–Kier alpha value is -1.65. The average Bonchev–Trinajstić information content (AvgIpc) is 3.10. The van der Waals surface area contributed by atoms with Crippen LogP contribution in [0.25, 0.3) is 0 Å². The third kappa shape index (κ3) is 4.01. The number of carbonyl (C=O) groups excluding carboxylic acids is 1. The van der Waals surface area contributed by atoms with Gasteiger partial charge in [0, 0.05) is 17.0 Å². The second kappa shape index (κ2) is 7.75. The van der Waals surface area contributed by atoms with Crippen LogP contribution in [0, 0.1) is 6.92 Å². The van der Waals surface area contributed by atoms with Crippen LogP contribution in [-0.2, 0) is 0 Å². The van der Waals surface area contributed by atoms with Crippen LogP contribution in [0.1, 0.15) is 46.1 Å². The van der Waals surface area contributed by atoms with E-state index in [1.54, 1.807) is 11.3 Å². The second-order valence-corrected chi connectivity index (χ2v) is 7.13. The van der Waals surface area contributed by atoms with Crippen molar-refractivity contribution >= 4 is 17.2 Å². The maximum atomic E-state index is 12.5. The van der Waals surface area contributed by atoms with Crippen LogP contribution in [0.2, 0.25) is 0 Å². The molecular formula is C19H24N2OS. The lowest BCUT2D eigenvalue weighted by atomic mass is 10.1. The highest BCUT2D eigenvalue weighted by Crippen LogP contribution is 2.27. The zero-order valence-electron chi connectivity index (χ0n) is 13.6. The van der Waals surface area contributed by atoms with Crippen LogP contribution in [0.4, 0.5) is 0 Å². The molecule has 2 aromatic rings. The lowest BCUT2D eigenvalue weighted by Crippen LogP contribution is -2.40. The first-order valence-electron chi connectivity index (χ1n) is 8.37. The fourth-order valence-corrected chi connectivity index (χ4v) is 4.09. The van der Waals surface area contributed by atoms with Gasteiger partial charge in [-0.1, -0.05) is 30.7 Å². The van der Waals surface area contributed by atoms with E-state index in [0.29, 0.717) is 12.6 Å². The second-order valence-electron chi connectivity index (χ2n) is 6.15. The van der Waals surface area contributed by atoms with E-state index >= 15 is 0 Å². The molecule has 122 valence electrons. The number of nitrogens with one attached hydrogen (secondary N) is 1. The van der Waals surface area contributed by atoms with E-state index in [9.17, 15) is 4.79 Å². The highest BCUT2D eigenvalue weighted by Gasteiger charge is 2.23. The van der Waals surface area contributed by atoms with Gasteiger partial charge >= 0.3 is 0 Å². The Balaban J connectivity index is 1.69. The number of carbonyl (C=O) groups is 1. The van der Waals surface area contributed by atoms with E-state index in [4.69, 9.17) is 0 Å². The quantitative estimate of drug-likeness (QED) is 0.899. The molecule has 1 amide bonds. The number of thiophene rings is 1. The topological polar surface area (TPSA) is 32.3 Å². The number of hydrogen-bond donors (Lipinski definition) is 1. The largest absolute Gasteiger partial charge is 0.350 e. The van der Waals surface area contributed by atoms with E-state index < -0.39 is 0 Å². The summed E-state index contributed by atoms with van der Waals surface area (Å²) in [5.41, 5.74) is 1.80. The SMILES string of the molecule is Cc1ccccc1C(=O)NCC(c1cccs1)N1CCCCC1. The van der Waals surface area contributed by atoms with E-state index in [-0.39, 0.29) is 5.91 Å². The molecule has 2 heterocycles. The predicted octanol–water partition coefficient (Wildman–Crippen LogP) is 4.01. The molecule has 0 bridgehead atoms. The number of piperidine rings is 1. The predicted molar refractivity (Wildman–Crippen MR) is 96.0 cm³/mol. The highest BCUT2D eigenvalue weighted by molar-refractivity contribution is 7.10. The molecule has 0 saturated carbocycles. The fraction of sp³-hybridized carbons (Fsp3) is 0.421. The first-order valence-corrected chi connectivity index (χ1v) is 9.25. The molecule has 1 aliphatic heterocycles. The van der Waals surface area contributed by atoms with Crippen molar-refractivity contribution in [2.45, 2.75) is 32.2 Å². The minimum atomic E-state index is 0.0293. The molecular weight excluding hydrogens is 304 g/mol. The van der Waals surface area contributed by atoms with Crippen molar-refractivity contribution in [1.82, 2.24) is 10.2 Å². The van der Waals surface area contributed by atoms with Gasteiger partial charge < -0.3 is 5.32 Å². The van der Waals surface area contributed by atoms with Gasteiger partial charge in [0.1, 0.15) is 0 Å². The van der Waals surface area contributed by atoms with Crippen LogP contribution >= 0.6 is 11.3 Å². The zero-order chi connectivity index (χ0) is 16.1. The van der Waals surface area contributed by atoms with Crippen molar-refractivity contribution in [2.24, 2.45) is 0 Å². The van der Waals surface area contributed by atoms with Gasteiger partial charge in [0.05, 0.1) is 6.04 Å². The van der Waals surface area contributed by atoms with Crippen molar-refractivity contribution in [3.63, 3.8) is 0 Å². The van der Waals surface area contributed by atoms with Crippen molar-refractivity contribution in [3.8, 4) is 0 Å². The molecule has 1 atom stereocenters. The van der Waals surface area contributed by atoms with Gasteiger partial charge in [-0.15, -0.1) is 11.3 Å². The third-order valence-electron chi connectivity index (χ3n) is 4.55. The third-order valence-corrected chi connectivity index (χ3v) is 5.52. The van der Waals surface area contributed by atoms with Gasteiger partial charge in [-0.3, -0.25) is 9.69 Å². The summed E-state index contributed by atoms with van der Waals surface area (Å²) in [6, 6.07) is 12.3. The summed E-state index contributed by atoms with van der Waals surface area (Å²) in [7, 11) is 0. The first kappa shape index (κ1) is 16.2. The molecule has 0 spiro atoms. The average molecular weight is 328 g/mol. The lowest BCUT2D eigenvalue weighted by molar-refractivity contribution is 0.0925. The smallest absolute Gasteiger partial charge is 0.251 e. The minimum absolute atomic E-state index is 0.0293. The number of nitrogens with zero attached hydrogens (tertiary/aromatic N) is 1. The standard InChI is InChI=1S/C19H24N2OS/c1-15-8-3-4-9-16(15)19(22)20-14-17(18-10-7-13-23-18)21-11-5-2-6-12-21/h3-4,7-10,13,17H,2,5-6,11-12,14H2,1H3,(H,20,22). The van der Waals surface area contributed by atoms with Gasteiger partial charge in [-0.25, -0.2) is 0 Å². The molecule has 23 heavy (non-hydrogen) atoms. The van der Waals surface area contributed by atoms with Crippen LogP contribution in [0.15, 0.2) is 41.8 Å². The fourth-order valence-electron chi connectivity index (χ4n) is 3.23. The molecule has 4 heteroatoms. The molecule has 0 radical (unpaired) electrons. The Kier molecular flexibility index (Phi) is 5.47. The summed E-state index contributed by atoms with van der Waals surface area (Å²) in [5.74, 6) is 0.0293. The highest BCUT2D eigenvalue weighted by atomic mass is 32.1. The number of likely N-dealkylation sites (tertiary alicyclic amines) is 1. The Labute approximate surface area is 142 Å². The van der Waals surface area contributed by atoms with Crippen molar-refractivity contribution in [3.05, 3.63) is 57.8 Å². The Morgan fingerprint density at radius 3 is 2.65 bits per heavy atom. The molecule has 1 saturated heterocycles. The Morgan fingerprint density at radius 1 is 1.17 bits per heavy atom. The maximum absolute atomic E-state index is 12.5.